The number of rotatable bonds is 4. The second kappa shape index (κ2) is 9.27. The molecule has 5 rings (SSSR count). The minimum Gasteiger partial charge on any atom is -0.481 e. The Bertz CT molecular complexity index is 1520. The molecule has 4 aromatic rings. The first kappa shape index (κ1) is 24.4. The first-order chi connectivity index (χ1) is 17.7. The number of fused-ring (bicyclic) bond motifs is 1. The van der Waals surface area contributed by atoms with Crippen LogP contribution < -0.4 is 4.74 Å². The van der Waals surface area contributed by atoms with Crippen LogP contribution in [0, 0.1) is 12.7 Å². The van der Waals surface area contributed by atoms with Crippen molar-refractivity contribution in [3.8, 4) is 11.6 Å². The average Bonchev–Trinajstić information content (AvgIpc) is 3.38. The molecule has 2 aromatic heterocycles. The molecule has 1 aliphatic rings. The zero-order valence-electron chi connectivity index (χ0n) is 21.1. The van der Waals surface area contributed by atoms with Gasteiger partial charge in [0, 0.05) is 25.0 Å². The normalized spacial score (nSPS) is 15.2. The third-order valence-corrected chi connectivity index (χ3v) is 6.66. The van der Waals surface area contributed by atoms with Crippen LogP contribution in [0.2, 0.25) is 0 Å². The van der Waals surface area contributed by atoms with Crippen molar-refractivity contribution >= 4 is 22.6 Å². The summed E-state index contributed by atoms with van der Waals surface area (Å²) in [6.45, 7) is 6.40. The molecule has 190 valence electrons. The molecule has 9 nitrogen and oxygen atoms in total. The predicted octanol–water partition coefficient (Wildman–Crippen LogP) is 3.65. The molecule has 1 saturated heterocycles. The van der Waals surface area contributed by atoms with E-state index in [0.717, 1.165) is 10.8 Å². The number of ether oxygens (including phenoxy) is 1. The third-order valence-electron chi connectivity index (χ3n) is 6.66. The summed E-state index contributed by atoms with van der Waals surface area (Å²) in [6, 6.07) is 14.1. The Labute approximate surface area is 213 Å². The summed E-state index contributed by atoms with van der Waals surface area (Å²) in [7, 11) is 1.53. The van der Waals surface area contributed by atoms with E-state index >= 15 is 0 Å². The molecule has 1 aliphatic heterocycles. The number of hydrogen-bond acceptors (Lipinski definition) is 6. The van der Waals surface area contributed by atoms with Crippen molar-refractivity contribution < 1.29 is 18.7 Å². The zero-order valence-corrected chi connectivity index (χ0v) is 21.1. The zero-order chi connectivity index (χ0) is 26.3. The van der Waals surface area contributed by atoms with Crippen molar-refractivity contribution in [2.45, 2.75) is 26.3 Å². The summed E-state index contributed by atoms with van der Waals surface area (Å²) in [5.41, 5.74) is 0.596. The van der Waals surface area contributed by atoms with Gasteiger partial charge < -0.3 is 14.5 Å². The molecule has 0 spiro atoms. The highest BCUT2D eigenvalue weighted by atomic mass is 19.1. The fourth-order valence-corrected chi connectivity index (χ4v) is 4.63. The Morgan fingerprint density at radius 2 is 1.84 bits per heavy atom. The van der Waals surface area contributed by atoms with Gasteiger partial charge in [-0.15, -0.1) is 5.10 Å². The molecule has 0 N–H and O–H groups in total. The van der Waals surface area contributed by atoms with Crippen molar-refractivity contribution in [3.63, 3.8) is 0 Å². The number of benzene rings is 2. The first-order valence-electron chi connectivity index (χ1n) is 11.9. The van der Waals surface area contributed by atoms with Crippen LogP contribution in [-0.2, 0) is 0 Å². The topological polar surface area (TPSA) is 93.5 Å². The Hall–Kier alpha value is -4.34. The summed E-state index contributed by atoms with van der Waals surface area (Å²) in [5.74, 6) is -0.539. The molecule has 2 amide bonds. The summed E-state index contributed by atoms with van der Waals surface area (Å²) in [5, 5.41) is 5.98. The van der Waals surface area contributed by atoms with Crippen molar-refractivity contribution in [1.82, 2.24) is 29.5 Å². The van der Waals surface area contributed by atoms with E-state index in [0.29, 0.717) is 36.8 Å². The molecule has 0 unspecified atom stereocenters. The number of aryl methyl sites for hydroxylation is 1. The molecule has 0 aliphatic carbocycles. The van der Waals surface area contributed by atoms with E-state index in [9.17, 15) is 14.0 Å². The van der Waals surface area contributed by atoms with E-state index in [1.165, 1.54) is 24.2 Å². The molecule has 3 heterocycles. The largest absolute Gasteiger partial charge is 0.481 e. The van der Waals surface area contributed by atoms with Gasteiger partial charge in [-0.2, -0.15) is 0 Å². The molecule has 10 heteroatoms. The molecule has 0 bridgehead atoms. The smallest absolute Gasteiger partial charge is 0.294 e. The predicted molar refractivity (Wildman–Crippen MR) is 135 cm³/mol. The van der Waals surface area contributed by atoms with Gasteiger partial charge in [0.15, 0.2) is 0 Å². The molecule has 37 heavy (non-hydrogen) atoms. The van der Waals surface area contributed by atoms with Crippen LogP contribution >= 0.6 is 0 Å². The van der Waals surface area contributed by atoms with Gasteiger partial charge in [-0.05, 0) is 56.0 Å². The lowest BCUT2D eigenvalue weighted by Crippen LogP contribution is -2.62. The molecule has 1 fully saturated rings. The number of aromatic nitrogens is 4. The molecule has 2 aromatic carbocycles. The number of pyridine rings is 1. The second-order valence-electron chi connectivity index (χ2n) is 9.68. The maximum absolute atomic E-state index is 14.0. The van der Waals surface area contributed by atoms with Crippen LogP contribution in [0.4, 0.5) is 4.39 Å². The van der Waals surface area contributed by atoms with E-state index in [1.54, 1.807) is 34.9 Å². The summed E-state index contributed by atoms with van der Waals surface area (Å²) >= 11 is 0. The number of carbonyl (C=O) groups is 2. The Kier molecular flexibility index (Phi) is 6.10. The fourth-order valence-electron chi connectivity index (χ4n) is 4.63. The quantitative estimate of drug-likeness (QED) is 0.423. The fraction of sp³-hybridized carbons (Fsp3) is 0.296. The van der Waals surface area contributed by atoms with Crippen LogP contribution in [0.3, 0.4) is 0 Å². The summed E-state index contributed by atoms with van der Waals surface area (Å²) < 4.78 is 20.8. The van der Waals surface area contributed by atoms with Crippen molar-refractivity contribution in [2.75, 3.05) is 26.7 Å². The molecule has 0 radical (unpaired) electrons. The van der Waals surface area contributed by atoms with Crippen LogP contribution in [0.25, 0.3) is 16.5 Å². The number of hydrogen-bond donors (Lipinski definition) is 0. The number of carbonyl (C=O) groups excluding carboxylic acids is 2. The van der Waals surface area contributed by atoms with E-state index in [2.05, 4.69) is 15.1 Å². The van der Waals surface area contributed by atoms with Crippen molar-refractivity contribution in [3.05, 3.63) is 77.8 Å². The highest BCUT2D eigenvalue weighted by molar-refractivity contribution is 5.98. The number of nitrogens with zero attached hydrogens (tertiary/aromatic N) is 6. The lowest BCUT2D eigenvalue weighted by Gasteiger charge is -2.46. The van der Waals surface area contributed by atoms with Crippen LogP contribution in [0.5, 0.6) is 5.88 Å². The van der Waals surface area contributed by atoms with Crippen molar-refractivity contribution in [2.24, 2.45) is 0 Å². The van der Waals surface area contributed by atoms with Gasteiger partial charge in [-0.3, -0.25) is 9.59 Å². The highest BCUT2D eigenvalue weighted by Gasteiger charge is 2.40. The number of methoxy groups -OCH3 is 1. The minimum absolute atomic E-state index is 0.00904. The minimum atomic E-state index is -0.687. The van der Waals surface area contributed by atoms with Gasteiger partial charge in [0.25, 0.3) is 11.8 Å². The standard InChI is InChI=1S/C27H27FN6O3/c1-17-9-10-19(14-21(17)28)34-16-29-23(31-34)26(36)33-12-11-32(15-27(33,2)3)25(35)22-13-18-7-5-6-8-20(18)24(30-22)37-4/h5-10,13-14,16H,11-12,15H2,1-4H3. The van der Waals surface area contributed by atoms with Crippen LogP contribution in [-0.4, -0.2) is 73.6 Å². The van der Waals surface area contributed by atoms with Gasteiger partial charge in [-0.1, -0.05) is 24.3 Å². The van der Waals surface area contributed by atoms with Gasteiger partial charge in [-0.25, -0.2) is 19.0 Å². The molecule has 0 atom stereocenters. The maximum Gasteiger partial charge on any atom is 0.294 e. The first-order valence-corrected chi connectivity index (χ1v) is 11.9. The van der Waals surface area contributed by atoms with Gasteiger partial charge in [0.2, 0.25) is 11.7 Å². The number of piperazine rings is 1. The van der Waals surface area contributed by atoms with Gasteiger partial charge in [0.1, 0.15) is 17.8 Å². The Balaban J connectivity index is 1.34. The third kappa shape index (κ3) is 4.50. The van der Waals surface area contributed by atoms with E-state index < -0.39 is 5.54 Å². The number of amides is 2. The average molecular weight is 503 g/mol. The van der Waals surface area contributed by atoms with Crippen molar-refractivity contribution in [1.29, 1.82) is 0 Å². The number of halogens is 1. The van der Waals surface area contributed by atoms with E-state index in [1.807, 2.05) is 38.1 Å². The summed E-state index contributed by atoms with van der Waals surface area (Å²) in [4.78, 5) is 38.7. The highest BCUT2D eigenvalue weighted by Crippen LogP contribution is 2.27. The van der Waals surface area contributed by atoms with Crippen LogP contribution in [0.15, 0.2) is 54.9 Å². The SMILES string of the molecule is COc1nc(C(=O)N2CCN(C(=O)c3ncn(-c4ccc(C)c(F)c4)n3)C(C)(C)C2)cc2ccccc12. The van der Waals surface area contributed by atoms with Gasteiger partial charge in [0.05, 0.1) is 18.3 Å². The molecular formula is C27H27FN6O3. The van der Waals surface area contributed by atoms with Gasteiger partial charge >= 0.3 is 0 Å². The lowest BCUT2D eigenvalue weighted by molar-refractivity contribution is 0.0158. The van der Waals surface area contributed by atoms with E-state index in [4.69, 9.17) is 4.74 Å². The second-order valence-corrected chi connectivity index (χ2v) is 9.68. The molecule has 0 saturated carbocycles. The van der Waals surface area contributed by atoms with E-state index in [-0.39, 0.29) is 29.1 Å². The van der Waals surface area contributed by atoms with Crippen LogP contribution in [0.1, 0.15) is 40.5 Å². The lowest BCUT2D eigenvalue weighted by atomic mass is 9.98. The summed E-state index contributed by atoms with van der Waals surface area (Å²) in [6.07, 6.45) is 1.39. The Morgan fingerprint density at radius 3 is 2.57 bits per heavy atom. The monoisotopic (exact) mass is 502 g/mol. The Morgan fingerprint density at radius 1 is 1.05 bits per heavy atom. The molecular weight excluding hydrogens is 475 g/mol. The maximum atomic E-state index is 14.0.